The summed E-state index contributed by atoms with van der Waals surface area (Å²) in [6.07, 6.45) is 6.15. The van der Waals surface area contributed by atoms with Crippen molar-refractivity contribution in [3.8, 4) is 0 Å². The lowest BCUT2D eigenvalue weighted by Gasteiger charge is -1.73. The maximum atomic E-state index is 6.15. The largest absolute Gasteiger partial charge is 0.318 e. The van der Waals surface area contributed by atoms with Crippen molar-refractivity contribution in [2.75, 3.05) is 7.11 Å². The third-order valence-electron chi connectivity index (χ3n) is 0.0833. The standard InChI is InChI=1S/C2H3OS/c1-3-4-2/h1H3. The monoisotopic (exact) mass is 75.0 g/mol. The molecule has 3 radical (unpaired) electrons. The molecule has 4 heavy (non-hydrogen) atoms. The van der Waals surface area contributed by atoms with Gasteiger partial charge in [-0.3, -0.25) is 0 Å². The van der Waals surface area contributed by atoms with Crippen LogP contribution in [-0.4, -0.2) is 7.11 Å². The average Bonchev–Trinajstić information content (AvgIpc) is 1.37. The molecule has 1 nitrogen and oxygen atoms in total. The highest BCUT2D eigenvalue weighted by molar-refractivity contribution is 7.95. The molecule has 23 valence electrons. The molecule has 0 aliphatic heterocycles. The molecule has 0 bridgehead atoms. The summed E-state index contributed by atoms with van der Waals surface area (Å²) in [7, 11) is 1.46. The Kier molecular flexibility index (Phi) is 3.57. The molecule has 0 unspecified atom stereocenters. The van der Waals surface area contributed by atoms with E-state index in [1.165, 1.54) is 7.11 Å². The fourth-order valence-corrected chi connectivity index (χ4v) is 0. The fraction of sp³-hybridized carbons (Fsp3) is 0.500. The SMILES string of the molecule is [C]SOC. The number of hydrogen-bond donors (Lipinski definition) is 0. The van der Waals surface area contributed by atoms with E-state index in [-0.39, 0.29) is 0 Å². The van der Waals surface area contributed by atoms with Gasteiger partial charge >= 0.3 is 0 Å². The van der Waals surface area contributed by atoms with Crippen LogP contribution in [0.2, 0.25) is 0 Å². The summed E-state index contributed by atoms with van der Waals surface area (Å²) in [6.45, 7) is 0. The second-order valence-electron chi connectivity index (χ2n) is 0.250. The first-order chi connectivity index (χ1) is 1.91. The second kappa shape index (κ2) is 3.31. The summed E-state index contributed by atoms with van der Waals surface area (Å²) in [4.78, 5) is 0. The summed E-state index contributed by atoms with van der Waals surface area (Å²) < 4.78 is 4.12. The van der Waals surface area contributed by atoms with Gasteiger partial charge in [0.2, 0.25) is 0 Å². The Morgan fingerprint density at radius 1 is 2.00 bits per heavy atom. The highest BCUT2D eigenvalue weighted by Gasteiger charge is 1.54. The van der Waals surface area contributed by atoms with E-state index >= 15 is 0 Å². The van der Waals surface area contributed by atoms with E-state index in [1.54, 1.807) is 0 Å². The number of rotatable bonds is 1. The van der Waals surface area contributed by atoms with Crippen LogP contribution in [0.5, 0.6) is 0 Å². The van der Waals surface area contributed by atoms with Crippen LogP contribution in [0.4, 0.5) is 0 Å². The highest BCUT2D eigenvalue weighted by Crippen LogP contribution is 1.88. The van der Waals surface area contributed by atoms with Crippen LogP contribution < -0.4 is 0 Å². The van der Waals surface area contributed by atoms with E-state index in [0.717, 1.165) is 0 Å². The Balaban J connectivity index is 1.97. The van der Waals surface area contributed by atoms with E-state index < -0.39 is 0 Å². The first-order valence-corrected chi connectivity index (χ1v) is 1.52. The molecule has 0 spiro atoms. The Morgan fingerprint density at radius 3 is 2.25 bits per heavy atom. The van der Waals surface area contributed by atoms with Crippen LogP contribution in [0.25, 0.3) is 0 Å². The van der Waals surface area contributed by atoms with Gasteiger partial charge in [0.25, 0.3) is 0 Å². The summed E-state index contributed by atoms with van der Waals surface area (Å²) in [5.41, 5.74) is 0. The van der Waals surface area contributed by atoms with Gasteiger partial charge in [-0.25, -0.2) is 0 Å². The third-order valence-corrected chi connectivity index (χ3v) is 0.250. The summed E-state index contributed by atoms with van der Waals surface area (Å²) in [5, 5.41) is 0. The van der Waals surface area contributed by atoms with Crippen LogP contribution in [0.3, 0.4) is 0 Å². The Hall–Kier alpha value is 0.310. The average molecular weight is 75.1 g/mol. The van der Waals surface area contributed by atoms with Crippen molar-refractivity contribution in [2.45, 2.75) is 0 Å². The molecule has 0 saturated carbocycles. The van der Waals surface area contributed by atoms with Crippen LogP contribution in [0.15, 0.2) is 0 Å². The van der Waals surface area contributed by atoms with Crippen molar-refractivity contribution in [3.63, 3.8) is 0 Å². The van der Waals surface area contributed by atoms with E-state index in [0.29, 0.717) is 12.0 Å². The molecule has 0 aromatic heterocycles. The van der Waals surface area contributed by atoms with Crippen LogP contribution >= 0.6 is 12.0 Å². The van der Waals surface area contributed by atoms with E-state index in [2.05, 4.69) is 4.18 Å². The molecule has 0 aliphatic carbocycles. The van der Waals surface area contributed by atoms with Gasteiger partial charge in [-0.1, -0.05) is 0 Å². The van der Waals surface area contributed by atoms with Crippen molar-refractivity contribution >= 4 is 12.0 Å². The Bertz CT molecular complexity index is 8.00. The zero-order valence-electron chi connectivity index (χ0n) is 2.32. The Labute approximate surface area is 30.5 Å². The number of hydrogen-bond acceptors (Lipinski definition) is 2. The van der Waals surface area contributed by atoms with Crippen molar-refractivity contribution in [3.05, 3.63) is 6.26 Å². The van der Waals surface area contributed by atoms with Crippen LogP contribution in [-0.2, 0) is 4.18 Å². The molecule has 0 amide bonds. The molecule has 0 atom stereocenters. The molecule has 0 aromatic rings. The van der Waals surface area contributed by atoms with Gasteiger partial charge in [-0.05, 0) is 0 Å². The summed E-state index contributed by atoms with van der Waals surface area (Å²) in [5.74, 6) is 0. The molecule has 0 aliphatic rings. The van der Waals surface area contributed by atoms with Gasteiger partial charge in [-0.15, -0.1) is 0 Å². The molecule has 0 saturated heterocycles. The fourth-order valence-electron chi connectivity index (χ4n) is 0. The zero-order valence-corrected chi connectivity index (χ0v) is 3.13. The Morgan fingerprint density at radius 2 is 2.25 bits per heavy atom. The van der Waals surface area contributed by atoms with E-state index in [4.69, 9.17) is 6.26 Å². The lowest BCUT2D eigenvalue weighted by molar-refractivity contribution is 0.494. The minimum atomic E-state index is 0.606. The summed E-state index contributed by atoms with van der Waals surface area (Å²) >= 11 is 0.606. The first kappa shape index (κ1) is 4.31. The minimum Gasteiger partial charge on any atom is -0.318 e. The lowest BCUT2D eigenvalue weighted by Crippen LogP contribution is -1.50. The van der Waals surface area contributed by atoms with Crippen molar-refractivity contribution < 1.29 is 4.18 Å². The predicted molar refractivity (Wildman–Crippen MR) is 17.8 cm³/mol. The van der Waals surface area contributed by atoms with Gasteiger partial charge in [-0.2, -0.15) is 0 Å². The molecular formula is C2H3OS. The first-order valence-electron chi connectivity index (χ1n) is 0.779. The van der Waals surface area contributed by atoms with Crippen LogP contribution in [0.1, 0.15) is 0 Å². The third kappa shape index (κ3) is 2.31. The topological polar surface area (TPSA) is 9.23 Å². The van der Waals surface area contributed by atoms with E-state index in [1.807, 2.05) is 0 Å². The molecule has 0 rings (SSSR count). The highest BCUT2D eigenvalue weighted by atomic mass is 32.2. The minimum absolute atomic E-state index is 0.606. The zero-order chi connectivity index (χ0) is 3.41. The molecular weight excluding hydrogens is 72.1 g/mol. The quantitative estimate of drug-likeness (QED) is 0.427. The summed E-state index contributed by atoms with van der Waals surface area (Å²) in [6, 6.07) is 0. The smallest absolute Gasteiger partial charge is 0.102 e. The maximum absolute atomic E-state index is 6.15. The van der Waals surface area contributed by atoms with Crippen molar-refractivity contribution in [1.29, 1.82) is 0 Å². The maximum Gasteiger partial charge on any atom is 0.102 e. The van der Waals surface area contributed by atoms with Gasteiger partial charge < -0.3 is 4.18 Å². The van der Waals surface area contributed by atoms with Gasteiger partial charge in [0.1, 0.15) is 6.26 Å². The predicted octanol–water partition coefficient (Wildman–Crippen LogP) is 0.827. The van der Waals surface area contributed by atoms with Crippen LogP contribution in [0, 0.1) is 6.26 Å². The van der Waals surface area contributed by atoms with Gasteiger partial charge in [0.15, 0.2) is 0 Å². The van der Waals surface area contributed by atoms with Crippen molar-refractivity contribution in [1.82, 2.24) is 0 Å². The van der Waals surface area contributed by atoms with Gasteiger partial charge in [0, 0.05) is 12.0 Å². The molecule has 2 heteroatoms. The van der Waals surface area contributed by atoms with Gasteiger partial charge in [0.05, 0.1) is 7.11 Å². The lowest BCUT2D eigenvalue weighted by atomic mass is 11.8. The second-order valence-corrected chi connectivity index (χ2v) is 0.750. The normalized spacial score (nSPS) is 7.50. The molecule has 0 N–H and O–H groups in total. The molecule has 0 fully saturated rings. The van der Waals surface area contributed by atoms with Crippen molar-refractivity contribution in [2.24, 2.45) is 0 Å². The molecule has 0 aromatic carbocycles. The molecule has 0 heterocycles. The van der Waals surface area contributed by atoms with E-state index in [9.17, 15) is 0 Å².